The Morgan fingerprint density at radius 1 is 1.19 bits per heavy atom. The summed E-state index contributed by atoms with van der Waals surface area (Å²) in [5.41, 5.74) is 2.51. The summed E-state index contributed by atoms with van der Waals surface area (Å²) in [6.07, 6.45) is 7.09. The number of aromatic nitrogens is 1. The molecule has 0 unspecified atom stereocenters. The fourth-order valence-electron chi connectivity index (χ4n) is 4.63. The van der Waals surface area contributed by atoms with Crippen LogP contribution in [0.3, 0.4) is 0 Å². The zero-order chi connectivity index (χ0) is 29.8. The number of fused-ring (bicyclic) bond motifs is 1. The van der Waals surface area contributed by atoms with Crippen molar-refractivity contribution in [1.82, 2.24) is 4.57 Å². The molecule has 0 amide bonds. The van der Waals surface area contributed by atoms with Crippen LogP contribution < -0.4 is 24.4 Å². The van der Waals surface area contributed by atoms with Gasteiger partial charge in [0.2, 0.25) is 0 Å². The van der Waals surface area contributed by atoms with Gasteiger partial charge in [0.05, 0.1) is 40.0 Å². The summed E-state index contributed by atoms with van der Waals surface area (Å²) >= 11 is 10.9. The molecule has 10 heteroatoms. The molecule has 1 aliphatic rings. The van der Waals surface area contributed by atoms with E-state index in [1.165, 1.54) is 23.0 Å². The fourth-order valence-corrected chi connectivity index (χ4v) is 6.33. The Morgan fingerprint density at radius 2 is 1.93 bits per heavy atom. The van der Waals surface area contributed by atoms with E-state index in [9.17, 15) is 9.59 Å². The summed E-state index contributed by atoms with van der Waals surface area (Å²) < 4.78 is 19.2. The Morgan fingerprint density at radius 3 is 2.60 bits per heavy atom. The number of carbonyl (C=O) groups is 1. The third kappa shape index (κ3) is 5.79. The van der Waals surface area contributed by atoms with E-state index >= 15 is 0 Å². The summed E-state index contributed by atoms with van der Waals surface area (Å²) in [4.78, 5) is 32.9. The zero-order valence-electron chi connectivity index (χ0n) is 22.6. The highest BCUT2D eigenvalue weighted by Gasteiger charge is 2.35. The second-order valence-corrected chi connectivity index (χ2v) is 11.3. The number of halogens is 2. The second-order valence-electron chi connectivity index (χ2n) is 9.01. The first-order valence-corrected chi connectivity index (χ1v) is 14.8. The number of carbonyl (C=O) groups excluding carboxylic acids is 1. The molecule has 5 rings (SSSR count). The highest BCUT2D eigenvalue weighted by Crippen LogP contribution is 2.37. The number of hydrogen-bond donors (Lipinski definition) is 0. The maximum atomic E-state index is 14.1. The predicted molar refractivity (Wildman–Crippen MR) is 168 cm³/mol. The van der Waals surface area contributed by atoms with E-state index in [4.69, 9.17) is 37.2 Å². The normalized spacial score (nSPS) is 14.5. The van der Waals surface area contributed by atoms with Gasteiger partial charge in [-0.15, -0.1) is 6.42 Å². The molecule has 0 N–H and O–H groups in total. The third-order valence-corrected chi connectivity index (χ3v) is 8.23. The topological polar surface area (TPSA) is 79.1 Å². The Labute approximate surface area is 259 Å². The van der Waals surface area contributed by atoms with Crippen molar-refractivity contribution in [3.63, 3.8) is 0 Å². The monoisotopic (exact) mass is 662 g/mol. The maximum Gasteiger partial charge on any atom is 0.338 e. The van der Waals surface area contributed by atoms with Crippen LogP contribution in [-0.4, -0.2) is 30.9 Å². The average Bonchev–Trinajstić information content (AvgIpc) is 3.30. The van der Waals surface area contributed by atoms with E-state index in [0.29, 0.717) is 47.2 Å². The lowest BCUT2D eigenvalue weighted by molar-refractivity contribution is -0.138. The Kier molecular flexibility index (Phi) is 8.97. The van der Waals surface area contributed by atoms with E-state index in [0.717, 1.165) is 5.56 Å². The average molecular weight is 664 g/mol. The minimum atomic E-state index is -0.796. The molecule has 3 aromatic carbocycles. The standard InChI is InChI=1S/C32H24BrClN2O5S/c1-4-15-41-29-23(33)16-19(17-24(29)39-3)18-25-30(37)36-28(21-11-13-22(34)14-12-21)26(31(38)40-5-2)27(35-32(36)42-25)20-9-7-6-8-10-20/h1,6-14,16-18,28H,5,15H2,2-3H3/b25-18-/t28-/m0/s1. The summed E-state index contributed by atoms with van der Waals surface area (Å²) in [7, 11) is 1.52. The van der Waals surface area contributed by atoms with Gasteiger partial charge >= 0.3 is 5.97 Å². The van der Waals surface area contributed by atoms with Crippen LogP contribution >= 0.6 is 38.9 Å². The molecule has 1 atom stereocenters. The fraction of sp³-hybridized carbons (Fsp3) is 0.156. The van der Waals surface area contributed by atoms with Crippen LogP contribution in [-0.2, 0) is 9.53 Å². The number of thiazole rings is 1. The van der Waals surface area contributed by atoms with E-state index < -0.39 is 12.0 Å². The van der Waals surface area contributed by atoms with Crippen molar-refractivity contribution in [2.75, 3.05) is 20.3 Å². The summed E-state index contributed by atoms with van der Waals surface area (Å²) in [6.45, 7) is 1.98. The van der Waals surface area contributed by atoms with E-state index in [-0.39, 0.29) is 24.3 Å². The highest BCUT2D eigenvalue weighted by atomic mass is 79.9. The number of methoxy groups -OCH3 is 1. The molecule has 0 bridgehead atoms. The predicted octanol–water partition coefficient (Wildman–Crippen LogP) is 5.37. The lowest BCUT2D eigenvalue weighted by Gasteiger charge is -2.25. The van der Waals surface area contributed by atoms with Crippen molar-refractivity contribution in [1.29, 1.82) is 0 Å². The first-order valence-electron chi connectivity index (χ1n) is 12.8. The molecule has 1 aromatic heterocycles. The van der Waals surface area contributed by atoms with Crippen molar-refractivity contribution >= 4 is 56.6 Å². The van der Waals surface area contributed by atoms with Crippen molar-refractivity contribution in [2.45, 2.75) is 13.0 Å². The van der Waals surface area contributed by atoms with Gasteiger partial charge in [0.15, 0.2) is 16.3 Å². The maximum absolute atomic E-state index is 14.1. The van der Waals surface area contributed by atoms with Crippen LogP contribution in [0.5, 0.6) is 11.5 Å². The van der Waals surface area contributed by atoms with Crippen LogP contribution in [0.15, 0.2) is 86.6 Å². The number of nitrogens with zero attached hydrogens (tertiary/aromatic N) is 2. The van der Waals surface area contributed by atoms with Crippen LogP contribution in [0.1, 0.15) is 29.7 Å². The largest absolute Gasteiger partial charge is 0.493 e. The summed E-state index contributed by atoms with van der Waals surface area (Å²) in [5.74, 6) is 2.80. The molecular weight excluding hydrogens is 640 g/mol. The molecule has 0 saturated carbocycles. The minimum Gasteiger partial charge on any atom is -0.493 e. The molecule has 0 aliphatic carbocycles. The molecule has 4 aromatic rings. The number of terminal acetylenes is 1. The van der Waals surface area contributed by atoms with Gasteiger partial charge < -0.3 is 14.2 Å². The lowest BCUT2D eigenvalue weighted by Crippen LogP contribution is -2.40. The van der Waals surface area contributed by atoms with Crippen molar-refractivity contribution in [2.24, 2.45) is 4.99 Å². The number of esters is 1. The van der Waals surface area contributed by atoms with Crippen molar-refractivity contribution in [3.8, 4) is 23.8 Å². The number of benzene rings is 3. The Hall–Kier alpha value is -4.10. The Balaban J connectivity index is 1.77. The van der Waals surface area contributed by atoms with Gasteiger partial charge in [-0.3, -0.25) is 9.36 Å². The number of rotatable bonds is 8. The highest BCUT2D eigenvalue weighted by molar-refractivity contribution is 9.10. The molecule has 212 valence electrons. The van der Waals surface area contributed by atoms with Gasteiger partial charge in [-0.2, -0.15) is 0 Å². The molecule has 2 heterocycles. The molecule has 1 aliphatic heterocycles. The minimum absolute atomic E-state index is 0.0736. The van der Waals surface area contributed by atoms with Crippen LogP contribution in [0.2, 0.25) is 5.02 Å². The van der Waals surface area contributed by atoms with E-state index in [1.807, 2.05) is 36.4 Å². The molecule has 0 fully saturated rings. The molecule has 0 radical (unpaired) electrons. The van der Waals surface area contributed by atoms with Gasteiger partial charge in [0, 0.05) is 10.6 Å². The van der Waals surface area contributed by atoms with Gasteiger partial charge in [0.25, 0.3) is 5.56 Å². The molecule has 0 saturated heterocycles. The van der Waals surface area contributed by atoms with Crippen LogP contribution in [0.25, 0.3) is 11.8 Å². The summed E-state index contributed by atoms with van der Waals surface area (Å²) in [6, 6.07) is 19.2. The van der Waals surface area contributed by atoms with Crippen molar-refractivity contribution < 1.29 is 19.0 Å². The van der Waals surface area contributed by atoms with Crippen LogP contribution in [0, 0.1) is 12.3 Å². The van der Waals surface area contributed by atoms with Gasteiger partial charge in [-0.25, -0.2) is 9.79 Å². The first-order chi connectivity index (χ1) is 20.4. The zero-order valence-corrected chi connectivity index (χ0v) is 25.8. The molecule has 7 nitrogen and oxygen atoms in total. The molecule has 42 heavy (non-hydrogen) atoms. The van der Waals surface area contributed by atoms with E-state index in [1.54, 1.807) is 43.3 Å². The first kappa shape index (κ1) is 29.4. The Bertz CT molecular complexity index is 1910. The van der Waals surface area contributed by atoms with E-state index in [2.05, 4.69) is 21.9 Å². The lowest BCUT2D eigenvalue weighted by atomic mass is 9.93. The quantitative estimate of drug-likeness (QED) is 0.187. The van der Waals surface area contributed by atoms with Gasteiger partial charge in [-0.1, -0.05) is 71.3 Å². The van der Waals surface area contributed by atoms with Crippen LogP contribution in [0.4, 0.5) is 0 Å². The van der Waals surface area contributed by atoms with Gasteiger partial charge in [0.1, 0.15) is 6.61 Å². The molecular formula is C32H24BrClN2O5S. The van der Waals surface area contributed by atoms with Gasteiger partial charge in [-0.05, 0) is 64.3 Å². The second kappa shape index (κ2) is 12.8. The van der Waals surface area contributed by atoms with Crippen molar-refractivity contribution in [3.05, 3.63) is 118 Å². The number of ether oxygens (including phenoxy) is 3. The SMILES string of the molecule is C#CCOc1c(Br)cc(/C=c2\sc3n(c2=O)[C@@H](c2ccc(Cl)cc2)C(C(=O)OCC)=C(c2ccccc2)N=3)cc1OC. The smallest absolute Gasteiger partial charge is 0.338 e. The molecule has 0 spiro atoms. The third-order valence-electron chi connectivity index (χ3n) is 6.41. The summed E-state index contributed by atoms with van der Waals surface area (Å²) in [5, 5.41) is 0.533. The number of hydrogen-bond acceptors (Lipinski definition) is 7.